The van der Waals surface area contributed by atoms with E-state index in [0.29, 0.717) is 5.56 Å². The maximum Gasteiger partial charge on any atom is 0.335 e. The van der Waals surface area contributed by atoms with Crippen molar-refractivity contribution in [2.45, 2.75) is 25.2 Å². The van der Waals surface area contributed by atoms with Crippen molar-refractivity contribution < 1.29 is 18.7 Å². The average Bonchev–Trinajstić information content (AvgIpc) is 3.02. The Kier molecular flexibility index (Phi) is 2.90. The van der Waals surface area contributed by atoms with E-state index in [9.17, 15) is 13.6 Å². The fourth-order valence-corrected chi connectivity index (χ4v) is 1.96. The smallest absolute Gasteiger partial charge is 0.335 e. The first-order valence-electron chi connectivity index (χ1n) is 5.21. The fourth-order valence-electron chi connectivity index (χ4n) is 1.96. The number of carboxylic acid groups (broad SMARTS) is 1. The molecular weight excluding hydrogens is 214 g/mol. The summed E-state index contributed by atoms with van der Waals surface area (Å²) >= 11 is 0. The Morgan fingerprint density at radius 3 is 2.56 bits per heavy atom. The highest BCUT2D eigenvalue weighted by atomic mass is 19.3. The van der Waals surface area contributed by atoms with E-state index in [1.807, 2.05) is 0 Å². The molecule has 0 bridgehead atoms. The second-order valence-electron chi connectivity index (χ2n) is 4.13. The van der Waals surface area contributed by atoms with Gasteiger partial charge in [-0.2, -0.15) is 0 Å². The van der Waals surface area contributed by atoms with Crippen LogP contribution in [0.15, 0.2) is 24.3 Å². The van der Waals surface area contributed by atoms with E-state index >= 15 is 0 Å². The predicted molar refractivity (Wildman–Crippen MR) is 54.9 cm³/mol. The maximum atomic E-state index is 12.9. The van der Waals surface area contributed by atoms with Crippen LogP contribution in [-0.4, -0.2) is 17.5 Å². The number of carbonyl (C=O) groups is 1. The minimum absolute atomic E-state index is 0.0176. The van der Waals surface area contributed by atoms with Crippen molar-refractivity contribution in [3.63, 3.8) is 0 Å². The van der Waals surface area contributed by atoms with Gasteiger partial charge in [-0.3, -0.25) is 0 Å². The van der Waals surface area contributed by atoms with E-state index in [1.165, 1.54) is 18.2 Å². The zero-order valence-corrected chi connectivity index (χ0v) is 8.57. The van der Waals surface area contributed by atoms with Gasteiger partial charge >= 0.3 is 5.97 Å². The van der Waals surface area contributed by atoms with E-state index in [1.54, 1.807) is 6.07 Å². The lowest BCUT2D eigenvalue weighted by Crippen LogP contribution is -2.12. The van der Waals surface area contributed by atoms with Crippen LogP contribution in [0, 0.1) is 5.92 Å². The quantitative estimate of drug-likeness (QED) is 0.856. The third-order valence-electron chi connectivity index (χ3n) is 2.92. The molecule has 0 aliphatic heterocycles. The third-order valence-corrected chi connectivity index (χ3v) is 2.92. The second kappa shape index (κ2) is 4.20. The summed E-state index contributed by atoms with van der Waals surface area (Å²) in [7, 11) is 0. The first-order chi connectivity index (χ1) is 7.59. The van der Waals surface area contributed by atoms with Crippen LogP contribution in [0.1, 0.15) is 34.7 Å². The van der Waals surface area contributed by atoms with Crippen LogP contribution in [0.2, 0.25) is 0 Å². The lowest BCUT2D eigenvalue weighted by Gasteiger charge is -2.15. The molecule has 1 N–H and O–H groups in total. The zero-order chi connectivity index (χ0) is 11.7. The van der Waals surface area contributed by atoms with Gasteiger partial charge < -0.3 is 5.11 Å². The van der Waals surface area contributed by atoms with Crippen LogP contribution in [0.5, 0.6) is 0 Å². The molecule has 0 radical (unpaired) electrons. The molecule has 1 atom stereocenters. The van der Waals surface area contributed by atoms with Gasteiger partial charge in [0.25, 0.3) is 0 Å². The third kappa shape index (κ3) is 2.21. The number of hydrogen-bond acceptors (Lipinski definition) is 1. The number of rotatable bonds is 4. The van der Waals surface area contributed by atoms with Crippen molar-refractivity contribution in [1.82, 2.24) is 0 Å². The zero-order valence-electron chi connectivity index (χ0n) is 8.57. The van der Waals surface area contributed by atoms with Crippen molar-refractivity contribution in [3.8, 4) is 0 Å². The Balaban J connectivity index is 2.30. The van der Waals surface area contributed by atoms with E-state index < -0.39 is 18.3 Å². The topological polar surface area (TPSA) is 37.3 Å². The van der Waals surface area contributed by atoms with E-state index in [0.717, 1.165) is 12.8 Å². The first-order valence-corrected chi connectivity index (χ1v) is 5.21. The second-order valence-corrected chi connectivity index (χ2v) is 4.13. The summed E-state index contributed by atoms with van der Waals surface area (Å²) in [6.07, 6.45) is -0.796. The molecule has 2 rings (SSSR count). The van der Waals surface area contributed by atoms with Gasteiger partial charge in [0.05, 0.1) is 5.56 Å². The highest BCUT2D eigenvalue weighted by molar-refractivity contribution is 5.87. The minimum atomic E-state index is -2.42. The monoisotopic (exact) mass is 226 g/mol. The number of aromatic carboxylic acids is 1. The van der Waals surface area contributed by atoms with Crippen molar-refractivity contribution in [1.29, 1.82) is 0 Å². The van der Waals surface area contributed by atoms with Gasteiger partial charge in [0.1, 0.15) is 0 Å². The van der Waals surface area contributed by atoms with Crippen LogP contribution in [0.25, 0.3) is 0 Å². The molecule has 1 saturated carbocycles. The molecule has 0 heterocycles. The Morgan fingerprint density at radius 1 is 1.38 bits per heavy atom. The molecule has 0 amide bonds. The predicted octanol–water partition coefficient (Wildman–Crippen LogP) is 3.14. The molecule has 16 heavy (non-hydrogen) atoms. The normalized spacial score (nSPS) is 17.4. The Morgan fingerprint density at radius 2 is 2.06 bits per heavy atom. The van der Waals surface area contributed by atoms with Gasteiger partial charge in [-0.15, -0.1) is 0 Å². The summed E-state index contributed by atoms with van der Waals surface area (Å²) in [5, 5.41) is 8.80. The molecule has 2 nitrogen and oxygen atoms in total. The number of halogens is 2. The van der Waals surface area contributed by atoms with E-state index in [4.69, 9.17) is 5.11 Å². The largest absolute Gasteiger partial charge is 0.478 e. The molecule has 0 saturated heterocycles. The van der Waals surface area contributed by atoms with Crippen molar-refractivity contribution in [2.75, 3.05) is 0 Å². The molecule has 4 heteroatoms. The van der Waals surface area contributed by atoms with Gasteiger partial charge in [-0.05, 0) is 36.5 Å². The van der Waals surface area contributed by atoms with Crippen LogP contribution in [0.3, 0.4) is 0 Å². The molecule has 86 valence electrons. The molecule has 1 aliphatic rings. The first kappa shape index (κ1) is 11.0. The van der Waals surface area contributed by atoms with Gasteiger partial charge in [0.2, 0.25) is 6.43 Å². The highest BCUT2D eigenvalue weighted by Crippen LogP contribution is 2.45. The summed E-state index contributed by atoms with van der Waals surface area (Å²) in [6.45, 7) is 0. The summed E-state index contributed by atoms with van der Waals surface area (Å²) in [5.41, 5.74) is 0.515. The number of alkyl halides is 2. The minimum Gasteiger partial charge on any atom is -0.478 e. The Hall–Kier alpha value is -1.45. The standard InChI is InChI=1S/C12H12F2O2/c13-11(14)10(7-4-5-7)8-2-1-3-9(6-8)12(15)16/h1-3,6-7,10-11H,4-5H2,(H,15,16). The summed E-state index contributed by atoms with van der Waals surface area (Å²) in [6, 6.07) is 5.89. The molecule has 1 aromatic carbocycles. The molecule has 1 aromatic rings. The number of carboxylic acids is 1. The van der Waals surface area contributed by atoms with Crippen molar-refractivity contribution >= 4 is 5.97 Å². The van der Waals surface area contributed by atoms with Crippen molar-refractivity contribution in [2.24, 2.45) is 5.92 Å². The van der Waals surface area contributed by atoms with E-state index in [2.05, 4.69) is 0 Å². The van der Waals surface area contributed by atoms with Crippen LogP contribution < -0.4 is 0 Å². The van der Waals surface area contributed by atoms with E-state index in [-0.39, 0.29) is 11.5 Å². The Labute approximate surface area is 91.9 Å². The number of hydrogen-bond donors (Lipinski definition) is 1. The van der Waals surface area contributed by atoms with Crippen LogP contribution in [0.4, 0.5) is 8.78 Å². The summed E-state index contributed by atoms with van der Waals surface area (Å²) in [4.78, 5) is 10.7. The van der Waals surface area contributed by atoms with Gasteiger partial charge in [-0.25, -0.2) is 13.6 Å². The molecule has 1 unspecified atom stereocenters. The van der Waals surface area contributed by atoms with Crippen LogP contribution >= 0.6 is 0 Å². The molecule has 0 aromatic heterocycles. The molecule has 0 spiro atoms. The molecule has 1 fully saturated rings. The average molecular weight is 226 g/mol. The van der Waals surface area contributed by atoms with Gasteiger partial charge in [-0.1, -0.05) is 12.1 Å². The van der Waals surface area contributed by atoms with Crippen LogP contribution in [-0.2, 0) is 0 Å². The Bertz CT molecular complexity index is 398. The lowest BCUT2D eigenvalue weighted by atomic mass is 9.93. The fraction of sp³-hybridized carbons (Fsp3) is 0.417. The van der Waals surface area contributed by atoms with Gasteiger partial charge in [0.15, 0.2) is 0 Å². The lowest BCUT2D eigenvalue weighted by molar-refractivity contribution is 0.0695. The number of benzene rings is 1. The molecular formula is C12H12F2O2. The highest BCUT2D eigenvalue weighted by Gasteiger charge is 2.38. The SMILES string of the molecule is O=C(O)c1cccc(C(C(F)F)C2CC2)c1. The summed E-state index contributed by atoms with van der Waals surface area (Å²) in [5.74, 6) is -1.87. The van der Waals surface area contributed by atoms with Crippen molar-refractivity contribution in [3.05, 3.63) is 35.4 Å². The molecule has 1 aliphatic carbocycles. The summed E-state index contributed by atoms with van der Waals surface area (Å²) < 4.78 is 25.7. The van der Waals surface area contributed by atoms with Gasteiger partial charge in [0, 0.05) is 5.92 Å². The maximum absolute atomic E-state index is 12.9.